The smallest absolute Gasteiger partial charge is 0.214 e. The molecule has 0 N–H and O–H groups in total. The van der Waals surface area contributed by atoms with Gasteiger partial charge in [-0.3, -0.25) is 0 Å². The van der Waals surface area contributed by atoms with Crippen LogP contribution in [0.15, 0.2) is 53.4 Å². The first kappa shape index (κ1) is 27.7. The predicted molar refractivity (Wildman–Crippen MR) is 146 cm³/mol. The maximum absolute atomic E-state index is 13.3. The zero-order chi connectivity index (χ0) is 26.9. The zero-order valence-corrected chi connectivity index (χ0v) is 23.2. The molecule has 0 radical (unpaired) electrons. The van der Waals surface area contributed by atoms with Crippen molar-refractivity contribution in [3.05, 3.63) is 54.1 Å². The Hall–Kier alpha value is -1.82. The normalized spacial score (nSPS) is 30.5. The fourth-order valence-corrected chi connectivity index (χ4v) is 8.84. The molecule has 2 aromatic rings. The Balaban J connectivity index is 1.32. The Morgan fingerprint density at radius 2 is 1.37 bits per heavy atom. The number of rotatable bonds is 6. The van der Waals surface area contributed by atoms with E-state index in [4.69, 9.17) is 0 Å². The molecular formula is C32H41F3O2S. The number of hydrogen-bond acceptors (Lipinski definition) is 2. The molecular weight excluding hydrogens is 505 g/mol. The van der Waals surface area contributed by atoms with Crippen LogP contribution in [-0.2, 0) is 9.84 Å². The lowest BCUT2D eigenvalue weighted by atomic mass is 9.60. The highest BCUT2D eigenvalue weighted by molar-refractivity contribution is 7.92. The molecule has 2 nitrogen and oxygen atoms in total. The lowest BCUT2D eigenvalue weighted by molar-refractivity contribution is -0.0436. The van der Waals surface area contributed by atoms with E-state index in [-0.39, 0.29) is 5.92 Å². The van der Waals surface area contributed by atoms with Crippen LogP contribution in [0.5, 0.6) is 0 Å². The van der Waals surface area contributed by atoms with Crippen molar-refractivity contribution < 1.29 is 21.6 Å². The fraction of sp³-hybridized carbons (Fsp3) is 0.625. The summed E-state index contributed by atoms with van der Waals surface area (Å²) in [5.41, 5.74) is -2.93. The van der Waals surface area contributed by atoms with Crippen LogP contribution < -0.4 is 0 Å². The summed E-state index contributed by atoms with van der Waals surface area (Å²) in [7, 11) is -5.40. The summed E-state index contributed by atoms with van der Waals surface area (Å²) in [6.45, 7) is 2.30. The molecule has 6 heteroatoms. The maximum Gasteiger partial charge on any atom is 0.501 e. The molecule has 0 bridgehead atoms. The molecule has 3 fully saturated rings. The topological polar surface area (TPSA) is 34.1 Å². The molecule has 3 saturated carbocycles. The number of benzene rings is 2. The van der Waals surface area contributed by atoms with Crippen molar-refractivity contribution in [3.8, 4) is 11.1 Å². The number of fused-ring (bicyclic) bond motifs is 1. The maximum atomic E-state index is 13.3. The van der Waals surface area contributed by atoms with E-state index >= 15 is 0 Å². The first-order valence-electron chi connectivity index (χ1n) is 14.7. The zero-order valence-electron chi connectivity index (χ0n) is 22.4. The third-order valence-electron chi connectivity index (χ3n) is 10.1. The SMILES string of the molecule is CCCC1CCC(C2CCC3CC(c4ccc(S(=O)(=O)C(F)(F)F)cc4-c4ccccc4)CCC3C2)CC1. The lowest BCUT2D eigenvalue weighted by Gasteiger charge is -2.45. The van der Waals surface area contributed by atoms with E-state index in [1.54, 1.807) is 6.07 Å². The standard InChI is InChI=1S/C32H41F3O2S/c1-2-6-22-9-11-23(12-10-22)25-13-14-27-20-28(16-15-26(27)19-25)30-18-17-29(38(36,37)32(33,34)35)21-31(30)24-7-4-3-5-8-24/h3-5,7-8,17-18,21-23,25-28H,2,6,9-16,19-20H2,1H3. The van der Waals surface area contributed by atoms with Gasteiger partial charge in [0.15, 0.2) is 0 Å². The Bertz CT molecular complexity index is 1180. The third-order valence-corrected chi connectivity index (χ3v) is 11.6. The van der Waals surface area contributed by atoms with E-state index in [1.807, 2.05) is 30.3 Å². The van der Waals surface area contributed by atoms with Crippen molar-refractivity contribution in [1.82, 2.24) is 0 Å². The van der Waals surface area contributed by atoms with E-state index in [2.05, 4.69) is 6.92 Å². The van der Waals surface area contributed by atoms with Gasteiger partial charge in [0.1, 0.15) is 0 Å². The second-order valence-corrected chi connectivity index (χ2v) is 14.2. The van der Waals surface area contributed by atoms with Crippen molar-refractivity contribution in [2.75, 3.05) is 0 Å². The van der Waals surface area contributed by atoms with Gasteiger partial charge in [-0.1, -0.05) is 69.0 Å². The van der Waals surface area contributed by atoms with Gasteiger partial charge in [-0.15, -0.1) is 0 Å². The molecule has 0 spiro atoms. The lowest BCUT2D eigenvalue weighted by Crippen LogP contribution is -2.34. The first-order chi connectivity index (χ1) is 18.2. The summed E-state index contributed by atoms with van der Waals surface area (Å²) in [5.74, 6) is 4.36. The van der Waals surface area contributed by atoms with Crippen LogP contribution in [0.2, 0.25) is 0 Å². The van der Waals surface area contributed by atoms with E-state index in [9.17, 15) is 21.6 Å². The summed E-state index contributed by atoms with van der Waals surface area (Å²) >= 11 is 0. The van der Waals surface area contributed by atoms with Crippen LogP contribution in [0, 0.1) is 29.6 Å². The van der Waals surface area contributed by atoms with Crippen molar-refractivity contribution in [2.24, 2.45) is 29.6 Å². The molecule has 3 aliphatic rings. The quantitative estimate of drug-likeness (QED) is 0.361. The molecule has 38 heavy (non-hydrogen) atoms. The molecule has 4 unspecified atom stereocenters. The molecule has 0 aromatic heterocycles. The molecule has 5 rings (SSSR count). The Labute approximate surface area is 226 Å². The van der Waals surface area contributed by atoms with E-state index in [0.29, 0.717) is 11.5 Å². The summed E-state index contributed by atoms with van der Waals surface area (Å²) < 4.78 is 64.4. The number of sulfone groups is 1. The second-order valence-electron chi connectivity index (χ2n) is 12.2. The number of hydrogen-bond donors (Lipinski definition) is 0. The van der Waals surface area contributed by atoms with Gasteiger partial charge in [0.2, 0.25) is 0 Å². The summed E-state index contributed by atoms with van der Waals surface area (Å²) in [6.07, 6.45) is 15.4. The van der Waals surface area contributed by atoms with Crippen LogP contribution >= 0.6 is 0 Å². The fourth-order valence-electron chi connectivity index (χ4n) is 8.05. The molecule has 3 aliphatic carbocycles. The van der Waals surface area contributed by atoms with Crippen molar-refractivity contribution in [2.45, 2.75) is 100 Å². The van der Waals surface area contributed by atoms with Gasteiger partial charge in [-0.05, 0) is 116 Å². The van der Waals surface area contributed by atoms with Gasteiger partial charge >= 0.3 is 5.51 Å². The molecule has 0 aliphatic heterocycles. The second kappa shape index (κ2) is 11.3. The average molecular weight is 547 g/mol. The highest BCUT2D eigenvalue weighted by atomic mass is 32.2. The Kier molecular flexibility index (Phi) is 8.28. The first-order valence-corrected chi connectivity index (χ1v) is 16.2. The van der Waals surface area contributed by atoms with E-state index in [0.717, 1.165) is 54.1 Å². The minimum Gasteiger partial charge on any atom is -0.214 e. The molecule has 4 atom stereocenters. The monoisotopic (exact) mass is 546 g/mol. The van der Waals surface area contributed by atoms with E-state index < -0.39 is 20.2 Å². The van der Waals surface area contributed by atoms with Gasteiger partial charge in [-0.2, -0.15) is 13.2 Å². The van der Waals surface area contributed by atoms with Gasteiger partial charge in [0, 0.05) is 0 Å². The van der Waals surface area contributed by atoms with Crippen LogP contribution in [0.3, 0.4) is 0 Å². The van der Waals surface area contributed by atoms with Crippen LogP contribution in [0.4, 0.5) is 13.2 Å². The van der Waals surface area contributed by atoms with Gasteiger partial charge in [-0.25, -0.2) is 8.42 Å². The summed E-state index contributed by atoms with van der Waals surface area (Å²) in [6, 6.07) is 13.3. The largest absolute Gasteiger partial charge is 0.501 e. The minimum atomic E-state index is -5.40. The molecule has 208 valence electrons. The highest BCUT2D eigenvalue weighted by Gasteiger charge is 2.47. The Morgan fingerprint density at radius 3 is 2.03 bits per heavy atom. The van der Waals surface area contributed by atoms with Gasteiger partial charge in [0.05, 0.1) is 4.90 Å². The molecule has 2 aromatic carbocycles. The van der Waals surface area contributed by atoms with Gasteiger partial charge < -0.3 is 0 Å². The van der Waals surface area contributed by atoms with Crippen molar-refractivity contribution in [3.63, 3.8) is 0 Å². The van der Waals surface area contributed by atoms with Crippen LogP contribution in [0.25, 0.3) is 11.1 Å². The molecule has 0 saturated heterocycles. The van der Waals surface area contributed by atoms with Crippen molar-refractivity contribution in [1.29, 1.82) is 0 Å². The minimum absolute atomic E-state index is 0.245. The molecule has 0 heterocycles. The number of halogens is 3. The third kappa shape index (κ3) is 5.71. The van der Waals surface area contributed by atoms with Crippen molar-refractivity contribution >= 4 is 9.84 Å². The highest BCUT2D eigenvalue weighted by Crippen LogP contribution is 2.52. The molecule has 0 amide bonds. The van der Waals surface area contributed by atoms with E-state index in [1.165, 1.54) is 69.9 Å². The predicted octanol–water partition coefficient (Wildman–Crippen LogP) is 9.55. The summed E-state index contributed by atoms with van der Waals surface area (Å²) in [4.78, 5) is -0.671. The van der Waals surface area contributed by atoms with Crippen LogP contribution in [0.1, 0.15) is 95.5 Å². The van der Waals surface area contributed by atoms with Gasteiger partial charge in [0.25, 0.3) is 9.84 Å². The average Bonchev–Trinajstić information content (AvgIpc) is 2.92. The van der Waals surface area contributed by atoms with Crippen LogP contribution in [-0.4, -0.2) is 13.9 Å². The number of alkyl halides is 3. The summed E-state index contributed by atoms with van der Waals surface area (Å²) in [5, 5.41) is 0. The Morgan fingerprint density at radius 1 is 0.763 bits per heavy atom.